The fourth-order valence-corrected chi connectivity index (χ4v) is 2.67. The molecule has 0 aliphatic heterocycles. The van der Waals surface area contributed by atoms with Crippen molar-refractivity contribution in [1.82, 2.24) is 9.97 Å². The van der Waals surface area contributed by atoms with E-state index in [-0.39, 0.29) is 0 Å². The second kappa shape index (κ2) is 7.45. The molecule has 2 rings (SSSR count). The molecule has 5 heteroatoms. The maximum absolute atomic E-state index is 6.34. The highest BCUT2D eigenvalue weighted by Crippen LogP contribution is 2.29. The van der Waals surface area contributed by atoms with Crippen LogP contribution < -0.4 is 10.2 Å². The molecule has 2 aromatic rings. The van der Waals surface area contributed by atoms with Gasteiger partial charge in [-0.2, -0.15) is 4.98 Å². The molecule has 0 atom stereocenters. The Morgan fingerprint density at radius 1 is 1.27 bits per heavy atom. The second-order valence-corrected chi connectivity index (χ2v) is 5.99. The molecule has 0 aliphatic rings. The number of nitrogens with one attached hydrogen (secondary N) is 1. The van der Waals surface area contributed by atoms with Gasteiger partial charge in [-0.05, 0) is 43.5 Å². The molecule has 0 bridgehead atoms. The molecule has 1 aromatic carbocycles. The van der Waals surface area contributed by atoms with E-state index < -0.39 is 0 Å². The number of aryl methyl sites for hydroxylation is 2. The summed E-state index contributed by atoms with van der Waals surface area (Å²) in [6.45, 7) is 7.20. The Morgan fingerprint density at radius 3 is 2.73 bits per heavy atom. The lowest BCUT2D eigenvalue weighted by molar-refractivity contribution is 0.750. The van der Waals surface area contributed by atoms with E-state index in [1.54, 1.807) is 6.20 Å². The Labute approximate surface area is 137 Å². The van der Waals surface area contributed by atoms with Crippen LogP contribution in [0, 0.1) is 13.8 Å². The fourth-order valence-electron chi connectivity index (χ4n) is 2.30. The molecule has 1 aromatic heterocycles. The molecule has 0 fully saturated rings. The van der Waals surface area contributed by atoms with Crippen LogP contribution in [0.15, 0.2) is 24.4 Å². The molecule has 0 saturated heterocycles. The van der Waals surface area contributed by atoms with Crippen LogP contribution in [0.4, 0.5) is 17.5 Å². The Hall–Kier alpha value is -1.81. The molecule has 1 heterocycles. The van der Waals surface area contributed by atoms with Crippen LogP contribution in [-0.4, -0.2) is 23.6 Å². The van der Waals surface area contributed by atoms with Crippen molar-refractivity contribution in [3.63, 3.8) is 0 Å². The van der Waals surface area contributed by atoms with Crippen LogP contribution >= 0.6 is 11.6 Å². The van der Waals surface area contributed by atoms with E-state index in [4.69, 9.17) is 11.6 Å². The third-order valence-corrected chi connectivity index (χ3v) is 3.81. The molecule has 4 nitrogen and oxygen atoms in total. The number of hydrogen-bond acceptors (Lipinski definition) is 4. The summed E-state index contributed by atoms with van der Waals surface area (Å²) in [4.78, 5) is 11.0. The van der Waals surface area contributed by atoms with Gasteiger partial charge in [-0.1, -0.05) is 31.0 Å². The molecule has 1 N–H and O–H groups in total. The minimum Gasteiger partial charge on any atom is -0.344 e. The minimum atomic E-state index is 0.706. The SMILES string of the molecule is CCCCN(C)c1nccc(Nc2c(C)cc(C)cc2Cl)n1. The first kappa shape index (κ1) is 16.6. The van der Waals surface area contributed by atoms with Crippen LogP contribution in [0.1, 0.15) is 30.9 Å². The largest absolute Gasteiger partial charge is 0.344 e. The molecule has 0 spiro atoms. The highest BCUT2D eigenvalue weighted by Gasteiger charge is 2.09. The Morgan fingerprint density at radius 2 is 2.05 bits per heavy atom. The van der Waals surface area contributed by atoms with E-state index in [1.165, 1.54) is 0 Å². The molecule has 22 heavy (non-hydrogen) atoms. The number of halogens is 1. The van der Waals surface area contributed by atoms with Gasteiger partial charge in [0, 0.05) is 19.8 Å². The van der Waals surface area contributed by atoms with Crippen molar-refractivity contribution in [2.45, 2.75) is 33.6 Å². The predicted molar refractivity (Wildman–Crippen MR) is 94.4 cm³/mol. The number of benzene rings is 1. The van der Waals surface area contributed by atoms with E-state index in [2.05, 4.69) is 33.2 Å². The zero-order chi connectivity index (χ0) is 16.1. The van der Waals surface area contributed by atoms with Gasteiger partial charge in [0.25, 0.3) is 0 Å². The van der Waals surface area contributed by atoms with Gasteiger partial charge in [0.2, 0.25) is 5.95 Å². The van der Waals surface area contributed by atoms with Gasteiger partial charge < -0.3 is 10.2 Å². The quantitative estimate of drug-likeness (QED) is 0.836. The summed E-state index contributed by atoms with van der Waals surface area (Å²) in [6, 6.07) is 5.91. The summed E-state index contributed by atoms with van der Waals surface area (Å²) < 4.78 is 0. The highest BCUT2D eigenvalue weighted by atomic mass is 35.5. The van der Waals surface area contributed by atoms with Gasteiger partial charge in [-0.25, -0.2) is 4.98 Å². The average Bonchev–Trinajstić information content (AvgIpc) is 2.48. The normalized spacial score (nSPS) is 10.6. The van der Waals surface area contributed by atoms with Gasteiger partial charge in [0.15, 0.2) is 0 Å². The fraction of sp³-hybridized carbons (Fsp3) is 0.412. The zero-order valence-electron chi connectivity index (χ0n) is 13.7. The summed E-state index contributed by atoms with van der Waals surface area (Å²) in [5.74, 6) is 1.47. The van der Waals surface area contributed by atoms with Gasteiger partial charge >= 0.3 is 0 Å². The lowest BCUT2D eigenvalue weighted by atomic mass is 10.1. The highest BCUT2D eigenvalue weighted by molar-refractivity contribution is 6.33. The summed E-state index contributed by atoms with van der Waals surface area (Å²) in [6.07, 6.45) is 4.05. The van der Waals surface area contributed by atoms with Gasteiger partial charge in [0.05, 0.1) is 10.7 Å². The number of hydrogen-bond donors (Lipinski definition) is 1. The van der Waals surface area contributed by atoms with Crippen LogP contribution in [-0.2, 0) is 0 Å². The van der Waals surface area contributed by atoms with E-state index in [0.29, 0.717) is 5.02 Å². The molecular weight excluding hydrogens is 296 g/mol. The molecule has 118 valence electrons. The molecule has 0 amide bonds. The number of aromatic nitrogens is 2. The molecular formula is C17H23ClN4. The van der Waals surface area contributed by atoms with Gasteiger partial charge in [-0.3, -0.25) is 0 Å². The summed E-state index contributed by atoms with van der Waals surface area (Å²) in [5, 5.41) is 4.01. The lowest BCUT2D eigenvalue weighted by Crippen LogP contribution is -2.21. The monoisotopic (exact) mass is 318 g/mol. The predicted octanol–water partition coefficient (Wildman–Crippen LogP) is 4.73. The second-order valence-electron chi connectivity index (χ2n) is 5.58. The standard InChI is InChI=1S/C17H23ClN4/c1-5-6-9-22(4)17-19-8-7-15(21-17)20-16-13(3)10-12(2)11-14(16)18/h7-8,10-11H,5-6,9H2,1-4H3,(H,19,20,21). The first-order valence-corrected chi connectivity index (χ1v) is 7.97. The van der Waals surface area contributed by atoms with Crippen LogP contribution in [0.2, 0.25) is 5.02 Å². The Bertz CT molecular complexity index is 619. The van der Waals surface area contributed by atoms with Crippen molar-refractivity contribution in [2.75, 3.05) is 23.8 Å². The summed E-state index contributed by atoms with van der Waals surface area (Å²) >= 11 is 6.34. The minimum absolute atomic E-state index is 0.706. The zero-order valence-corrected chi connectivity index (χ0v) is 14.4. The lowest BCUT2D eigenvalue weighted by Gasteiger charge is -2.18. The maximum Gasteiger partial charge on any atom is 0.227 e. The van der Waals surface area contributed by atoms with Crippen molar-refractivity contribution in [1.29, 1.82) is 0 Å². The van der Waals surface area contributed by atoms with E-state index >= 15 is 0 Å². The Kier molecular flexibility index (Phi) is 5.61. The number of nitrogens with zero attached hydrogens (tertiary/aromatic N) is 3. The van der Waals surface area contributed by atoms with E-state index in [1.807, 2.05) is 33.0 Å². The van der Waals surface area contributed by atoms with E-state index in [9.17, 15) is 0 Å². The molecule has 0 aliphatic carbocycles. The maximum atomic E-state index is 6.34. The van der Waals surface area contributed by atoms with Gasteiger partial charge in [-0.15, -0.1) is 0 Å². The van der Waals surface area contributed by atoms with E-state index in [0.717, 1.165) is 48.0 Å². The van der Waals surface area contributed by atoms with Crippen molar-refractivity contribution in [2.24, 2.45) is 0 Å². The molecule has 0 radical (unpaired) electrons. The first-order chi connectivity index (χ1) is 10.5. The summed E-state index contributed by atoms with van der Waals surface area (Å²) in [5.41, 5.74) is 3.15. The number of unbranched alkanes of at least 4 members (excludes halogenated alkanes) is 1. The topological polar surface area (TPSA) is 41.1 Å². The van der Waals surface area contributed by atoms with Crippen molar-refractivity contribution in [3.8, 4) is 0 Å². The van der Waals surface area contributed by atoms with Crippen LogP contribution in [0.3, 0.4) is 0 Å². The Balaban J connectivity index is 2.21. The molecule has 0 unspecified atom stereocenters. The van der Waals surface area contributed by atoms with Crippen LogP contribution in [0.25, 0.3) is 0 Å². The van der Waals surface area contributed by atoms with Gasteiger partial charge in [0.1, 0.15) is 5.82 Å². The third kappa shape index (κ3) is 4.10. The smallest absolute Gasteiger partial charge is 0.227 e. The van der Waals surface area contributed by atoms with Crippen molar-refractivity contribution in [3.05, 3.63) is 40.5 Å². The number of rotatable bonds is 6. The third-order valence-electron chi connectivity index (χ3n) is 3.52. The average molecular weight is 319 g/mol. The molecule has 0 saturated carbocycles. The first-order valence-electron chi connectivity index (χ1n) is 7.59. The van der Waals surface area contributed by atoms with Crippen molar-refractivity contribution < 1.29 is 0 Å². The van der Waals surface area contributed by atoms with Crippen molar-refractivity contribution >= 4 is 29.1 Å². The van der Waals surface area contributed by atoms with Crippen LogP contribution in [0.5, 0.6) is 0 Å². The number of anilines is 3. The summed E-state index contributed by atoms with van der Waals surface area (Å²) in [7, 11) is 2.01.